The monoisotopic (exact) mass is 430 g/mol. The average Bonchev–Trinajstić information content (AvgIpc) is 3.45. The Morgan fingerprint density at radius 3 is 2.68 bits per heavy atom. The van der Waals surface area contributed by atoms with Crippen molar-refractivity contribution in [1.29, 1.82) is 0 Å². The highest BCUT2D eigenvalue weighted by Gasteiger charge is 2.27. The number of rotatable bonds is 5. The second-order valence-corrected chi connectivity index (χ2v) is 8.47. The molecule has 11 heteroatoms. The molecule has 0 saturated carbocycles. The minimum absolute atomic E-state index is 0.0168. The number of ether oxygens (including phenoxy) is 2. The van der Waals surface area contributed by atoms with E-state index in [0.29, 0.717) is 30.4 Å². The lowest BCUT2D eigenvalue weighted by Crippen LogP contribution is -2.43. The molecule has 1 fully saturated rings. The third-order valence-corrected chi connectivity index (χ3v) is 4.73. The summed E-state index contributed by atoms with van der Waals surface area (Å²) >= 11 is 0. The smallest absolute Gasteiger partial charge is 0.410 e. The molecular weight excluding hydrogens is 404 g/mol. The lowest BCUT2D eigenvalue weighted by Gasteiger charge is -2.33. The van der Waals surface area contributed by atoms with Crippen LogP contribution in [-0.4, -0.2) is 60.9 Å². The summed E-state index contributed by atoms with van der Waals surface area (Å²) in [5.41, 5.74) is 0.970. The van der Waals surface area contributed by atoms with Crippen LogP contribution in [0.1, 0.15) is 39.4 Å². The van der Waals surface area contributed by atoms with Crippen molar-refractivity contribution in [2.24, 2.45) is 7.05 Å². The Kier molecular flexibility index (Phi) is 5.77. The van der Waals surface area contributed by atoms with E-state index in [1.54, 1.807) is 21.8 Å². The van der Waals surface area contributed by atoms with Crippen LogP contribution >= 0.6 is 0 Å². The first kappa shape index (κ1) is 21.0. The van der Waals surface area contributed by atoms with Gasteiger partial charge in [-0.05, 0) is 33.6 Å². The molecule has 3 aromatic heterocycles. The predicted octanol–water partition coefficient (Wildman–Crippen LogP) is 3.04. The molecule has 1 saturated heterocycles. The SMILES string of the molecule is Cn1cc(-c2cc(-c3nc(COC4CCN(C(=O)OC(C)(C)C)CC4)no3)on2)cn1. The number of carbonyl (C=O) groups excluding carboxylic acids is 1. The zero-order valence-corrected chi connectivity index (χ0v) is 18.1. The van der Waals surface area contributed by atoms with Gasteiger partial charge in [0.25, 0.3) is 5.89 Å². The molecule has 0 radical (unpaired) electrons. The van der Waals surface area contributed by atoms with Crippen LogP contribution in [0.5, 0.6) is 0 Å². The number of nitrogens with zero attached hydrogens (tertiary/aromatic N) is 6. The maximum absolute atomic E-state index is 12.1. The molecule has 1 aliphatic heterocycles. The Hall–Kier alpha value is -3.21. The Balaban J connectivity index is 1.27. The van der Waals surface area contributed by atoms with E-state index >= 15 is 0 Å². The summed E-state index contributed by atoms with van der Waals surface area (Å²) < 4.78 is 23.6. The third kappa shape index (κ3) is 5.29. The maximum Gasteiger partial charge on any atom is 0.410 e. The van der Waals surface area contributed by atoms with Crippen LogP contribution < -0.4 is 0 Å². The number of hydrogen-bond donors (Lipinski definition) is 0. The van der Waals surface area contributed by atoms with Gasteiger partial charge in [-0.25, -0.2) is 4.79 Å². The van der Waals surface area contributed by atoms with Gasteiger partial charge >= 0.3 is 6.09 Å². The van der Waals surface area contributed by atoms with Crippen LogP contribution in [0.3, 0.4) is 0 Å². The topological polar surface area (TPSA) is 122 Å². The molecule has 1 aliphatic rings. The summed E-state index contributed by atoms with van der Waals surface area (Å²) in [6.07, 6.45) is 4.71. The second kappa shape index (κ2) is 8.50. The molecule has 4 heterocycles. The second-order valence-electron chi connectivity index (χ2n) is 8.47. The zero-order chi connectivity index (χ0) is 22.0. The van der Waals surface area contributed by atoms with Gasteiger partial charge in [-0.3, -0.25) is 4.68 Å². The molecule has 0 atom stereocenters. The molecule has 0 N–H and O–H groups in total. The van der Waals surface area contributed by atoms with Gasteiger partial charge in [0.15, 0.2) is 5.82 Å². The summed E-state index contributed by atoms with van der Waals surface area (Å²) in [5.74, 6) is 1.04. The van der Waals surface area contributed by atoms with Gasteiger partial charge in [-0.15, -0.1) is 0 Å². The molecule has 31 heavy (non-hydrogen) atoms. The normalized spacial score (nSPS) is 15.4. The van der Waals surface area contributed by atoms with Crippen LogP contribution in [0.4, 0.5) is 4.79 Å². The van der Waals surface area contributed by atoms with E-state index < -0.39 is 5.60 Å². The highest BCUT2D eigenvalue weighted by atomic mass is 16.6. The first-order valence-electron chi connectivity index (χ1n) is 10.1. The molecule has 0 unspecified atom stereocenters. The van der Waals surface area contributed by atoms with Gasteiger partial charge < -0.3 is 23.4 Å². The quantitative estimate of drug-likeness (QED) is 0.601. The van der Waals surface area contributed by atoms with Gasteiger partial charge in [0.2, 0.25) is 5.76 Å². The highest BCUT2D eigenvalue weighted by molar-refractivity contribution is 5.68. The maximum atomic E-state index is 12.1. The van der Waals surface area contributed by atoms with Gasteiger partial charge in [-0.1, -0.05) is 10.3 Å². The van der Waals surface area contributed by atoms with Crippen molar-refractivity contribution in [2.75, 3.05) is 13.1 Å². The fourth-order valence-electron chi connectivity index (χ4n) is 3.20. The molecule has 11 nitrogen and oxygen atoms in total. The molecule has 166 valence electrons. The van der Waals surface area contributed by atoms with Crippen LogP contribution in [0.15, 0.2) is 27.5 Å². The molecule has 4 rings (SSSR count). The van der Waals surface area contributed by atoms with Gasteiger partial charge in [0.05, 0.1) is 12.3 Å². The minimum Gasteiger partial charge on any atom is -0.444 e. The highest BCUT2D eigenvalue weighted by Crippen LogP contribution is 2.25. The standard InChI is InChI=1S/C20H26N6O5/c1-20(2,3)29-19(27)26-7-5-14(6-8-26)28-12-17-22-18(31-24-17)16-9-15(23-30-16)13-10-21-25(4)11-13/h9-11,14H,5-8,12H2,1-4H3. The molecule has 0 aliphatic carbocycles. The largest absolute Gasteiger partial charge is 0.444 e. The Morgan fingerprint density at radius 1 is 1.23 bits per heavy atom. The van der Waals surface area contributed by atoms with E-state index in [4.69, 9.17) is 18.5 Å². The van der Waals surface area contributed by atoms with E-state index in [-0.39, 0.29) is 24.7 Å². The molecular formula is C20H26N6O5. The van der Waals surface area contributed by atoms with Crippen LogP contribution in [0, 0.1) is 0 Å². The first-order valence-corrected chi connectivity index (χ1v) is 10.1. The summed E-state index contributed by atoms with van der Waals surface area (Å²) in [7, 11) is 1.83. The van der Waals surface area contributed by atoms with Gasteiger partial charge in [0, 0.05) is 38.0 Å². The summed E-state index contributed by atoms with van der Waals surface area (Å²) in [6, 6.07) is 1.72. The fraction of sp³-hybridized carbons (Fsp3) is 0.550. The van der Waals surface area contributed by atoms with Crippen molar-refractivity contribution in [3.05, 3.63) is 24.3 Å². The Labute approximate surface area is 179 Å². The number of aromatic nitrogens is 5. The van der Waals surface area contributed by atoms with Crippen molar-refractivity contribution < 1.29 is 23.3 Å². The van der Waals surface area contributed by atoms with E-state index in [9.17, 15) is 4.79 Å². The van der Waals surface area contributed by atoms with Crippen molar-refractivity contribution in [2.45, 2.75) is 51.9 Å². The number of piperidine rings is 1. The van der Waals surface area contributed by atoms with Crippen molar-refractivity contribution in [3.63, 3.8) is 0 Å². The van der Waals surface area contributed by atoms with Crippen molar-refractivity contribution in [3.8, 4) is 22.9 Å². The number of hydrogen-bond acceptors (Lipinski definition) is 9. The molecule has 3 aromatic rings. The van der Waals surface area contributed by atoms with E-state index in [1.165, 1.54) is 0 Å². The van der Waals surface area contributed by atoms with Crippen LogP contribution in [0.25, 0.3) is 22.9 Å². The first-order chi connectivity index (χ1) is 14.8. The summed E-state index contributed by atoms with van der Waals surface area (Å²) in [6.45, 7) is 6.97. The van der Waals surface area contributed by atoms with Crippen molar-refractivity contribution in [1.82, 2.24) is 30.0 Å². The number of amides is 1. The molecule has 0 spiro atoms. The minimum atomic E-state index is -0.497. The molecule has 0 aromatic carbocycles. The molecule has 1 amide bonds. The van der Waals surface area contributed by atoms with E-state index in [2.05, 4.69) is 20.4 Å². The fourth-order valence-corrected chi connectivity index (χ4v) is 3.20. The van der Waals surface area contributed by atoms with Gasteiger partial charge in [0.1, 0.15) is 17.9 Å². The van der Waals surface area contributed by atoms with Crippen LogP contribution in [-0.2, 0) is 23.1 Å². The van der Waals surface area contributed by atoms with E-state index in [1.807, 2.05) is 34.0 Å². The van der Waals surface area contributed by atoms with E-state index in [0.717, 1.165) is 18.4 Å². The van der Waals surface area contributed by atoms with Gasteiger partial charge in [-0.2, -0.15) is 10.1 Å². The third-order valence-electron chi connectivity index (χ3n) is 4.73. The predicted molar refractivity (Wildman–Crippen MR) is 108 cm³/mol. The lowest BCUT2D eigenvalue weighted by atomic mass is 10.1. The molecule has 0 bridgehead atoms. The number of aryl methyl sites for hydroxylation is 1. The summed E-state index contributed by atoms with van der Waals surface area (Å²) in [5, 5.41) is 12.1. The lowest BCUT2D eigenvalue weighted by molar-refractivity contribution is -0.0190. The Morgan fingerprint density at radius 2 is 2.00 bits per heavy atom. The summed E-state index contributed by atoms with van der Waals surface area (Å²) in [4.78, 5) is 18.2. The number of carbonyl (C=O) groups is 1. The van der Waals surface area contributed by atoms with Crippen LogP contribution in [0.2, 0.25) is 0 Å². The Bertz CT molecular complexity index is 1020. The number of likely N-dealkylation sites (tertiary alicyclic amines) is 1. The van der Waals surface area contributed by atoms with Crippen molar-refractivity contribution >= 4 is 6.09 Å². The zero-order valence-electron chi connectivity index (χ0n) is 18.1. The average molecular weight is 430 g/mol.